The van der Waals surface area contributed by atoms with Crippen LogP contribution in [0.2, 0.25) is 0 Å². The smallest absolute Gasteiger partial charge is 0.311 e. The lowest BCUT2D eigenvalue weighted by molar-refractivity contribution is -0.157. The van der Waals surface area contributed by atoms with Gasteiger partial charge in [0.15, 0.2) is 6.10 Å². The third-order valence-electron chi connectivity index (χ3n) is 4.85. The standard InChI is InChI=1S/C17H21NO5/c1-12(23-14-5-3-2-4-6-14)15(19)18-9-13-10-22-8-7-17(13,11-18)16(20)21/h2-6,12-13H,7-11H2,1H3,(H,20,21)/t12?,13-,17+/m0/s1. The summed E-state index contributed by atoms with van der Waals surface area (Å²) in [5.74, 6) is -0.538. The highest BCUT2D eigenvalue weighted by atomic mass is 16.5. The number of ether oxygens (including phenoxy) is 2. The number of fused-ring (bicyclic) bond motifs is 1. The molecule has 6 nitrogen and oxygen atoms in total. The van der Waals surface area contributed by atoms with Gasteiger partial charge in [-0.1, -0.05) is 18.2 Å². The molecule has 0 bridgehead atoms. The Morgan fingerprint density at radius 2 is 2.13 bits per heavy atom. The van der Waals surface area contributed by atoms with Gasteiger partial charge in [0.05, 0.1) is 12.0 Å². The molecule has 1 amide bonds. The first-order chi connectivity index (χ1) is 11.0. The minimum atomic E-state index is -0.875. The van der Waals surface area contributed by atoms with Crippen LogP contribution in [0.4, 0.5) is 0 Å². The van der Waals surface area contributed by atoms with Crippen LogP contribution in [-0.4, -0.2) is 54.3 Å². The first-order valence-corrected chi connectivity index (χ1v) is 7.84. The first kappa shape index (κ1) is 15.8. The third-order valence-corrected chi connectivity index (χ3v) is 4.85. The zero-order chi connectivity index (χ0) is 16.4. The van der Waals surface area contributed by atoms with Gasteiger partial charge in [0.25, 0.3) is 5.91 Å². The van der Waals surface area contributed by atoms with Crippen molar-refractivity contribution in [1.82, 2.24) is 4.90 Å². The van der Waals surface area contributed by atoms with Gasteiger partial charge in [0.1, 0.15) is 5.75 Å². The van der Waals surface area contributed by atoms with Crippen LogP contribution in [0.1, 0.15) is 13.3 Å². The lowest BCUT2D eigenvalue weighted by atomic mass is 9.74. The average molecular weight is 319 g/mol. The molecule has 1 unspecified atom stereocenters. The third kappa shape index (κ3) is 2.91. The number of para-hydroxylation sites is 1. The molecule has 2 aliphatic heterocycles. The summed E-state index contributed by atoms with van der Waals surface area (Å²) in [5, 5.41) is 9.65. The highest BCUT2D eigenvalue weighted by Gasteiger charge is 2.55. The van der Waals surface area contributed by atoms with Crippen LogP contribution in [0.15, 0.2) is 30.3 Å². The zero-order valence-electron chi connectivity index (χ0n) is 13.1. The van der Waals surface area contributed by atoms with Gasteiger partial charge < -0.3 is 19.5 Å². The molecule has 1 aromatic carbocycles. The largest absolute Gasteiger partial charge is 0.481 e. The molecule has 3 rings (SSSR count). The number of carboxylic acid groups (broad SMARTS) is 1. The highest BCUT2D eigenvalue weighted by Crippen LogP contribution is 2.42. The second-order valence-electron chi connectivity index (χ2n) is 6.28. The number of likely N-dealkylation sites (tertiary alicyclic amines) is 1. The van der Waals surface area contributed by atoms with Crippen molar-refractivity contribution in [1.29, 1.82) is 0 Å². The maximum atomic E-state index is 12.6. The summed E-state index contributed by atoms with van der Waals surface area (Å²) in [7, 11) is 0. The quantitative estimate of drug-likeness (QED) is 0.908. The molecular weight excluding hydrogens is 298 g/mol. The molecule has 0 saturated carbocycles. The summed E-state index contributed by atoms with van der Waals surface area (Å²) in [6, 6.07) is 9.14. The predicted octanol–water partition coefficient (Wildman–Crippen LogP) is 1.40. The second kappa shape index (κ2) is 6.20. The molecule has 124 valence electrons. The van der Waals surface area contributed by atoms with Crippen LogP contribution >= 0.6 is 0 Å². The lowest BCUT2D eigenvalue weighted by Gasteiger charge is -2.33. The maximum Gasteiger partial charge on any atom is 0.311 e. The molecule has 2 fully saturated rings. The van der Waals surface area contributed by atoms with Crippen molar-refractivity contribution in [3.63, 3.8) is 0 Å². The van der Waals surface area contributed by atoms with Crippen molar-refractivity contribution in [2.24, 2.45) is 11.3 Å². The van der Waals surface area contributed by atoms with E-state index in [2.05, 4.69) is 0 Å². The van der Waals surface area contributed by atoms with Crippen LogP contribution in [0.3, 0.4) is 0 Å². The molecule has 2 aliphatic rings. The number of rotatable bonds is 4. The van der Waals surface area contributed by atoms with Crippen molar-refractivity contribution in [3.05, 3.63) is 30.3 Å². The van der Waals surface area contributed by atoms with Gasteiger partial charge in [0.2, 0.25) is 0 Å². The van der Waals surface area contributed by atoms with Gasteiger partial charge in [-0.15, -0.1) is 0 Å². The van der Waals surface area contributed by atoms with E-state index in [-0.39, 0.29) is 18.4 Å². The van der Waals surface area contributed by atoms with E-state index in [1.54, 1.807) is 24.0 Å². The number of aliphatic carboxylic acids is 1. The molecular formula is C17H21NO5. The van der Waals surface area contributed by atoms with Crippen LogP contribution in [0.25, 0.3) is 0 Å². The fourth-order valence-electron chi connectivity index (χ4n) is 3.48. The number of hydrogen-bond donors (Lipinski definition) is 1. The van der Waals surface area contributed by atoms with E-state index in [1.807, 2.05) is 18.2 Å². The average Bonchev–Trinajstić information content (AvgIpc) is 2.96. The number of carboxylic acids is 1. The monoisotopic (exact) mass is 319 g/mol. The molecule has 0 radical (unpaired) electrons. The summed E-state index contributed by atoms with van der Waals surface area (Å²) in [4.78, 5) is 26.0. The molecule has 2 heterocycles. The Kier molecular flexibility index (Phi) is 4.26. The van der Waals surface area contributed by atoms with Gasteiger partial charge in [-0.2, -0.15) is 0 Å². The molecule has 0 aliphatic carbocycles. The summed E-state index contributed by atoms with van der Waals surface area (Å²) in [5.41, 5.74) is -0.875. The highest BCUT2D eigenvalue weighted by molar-refractivity contribution is 5.84. The summed E-state index contributed by atoms with van der Waals surface area (Å²) < 4.78 is 11.1. The van der Waals surface area contributed by atoms with Crippen LogP contribution < -0.4 is 4.74 Å². The number of nitrogens with zero attached hydrogens (tertiary/aromatic N) is 1. The van der Waals surface area contributed by atoms with E-state index in [4.69, 9.17) is 9.47 Å². The minimum Gasteiger partial charge on any atom is -0.481 e. The van der Waals surface area contributed by atoms with Gasteiger partial charge >= 0.3 is 5.97 Å². The summed E-state index contributed by atoms with van der Waals surface area (Å²) in [6.07, 6.45) is -0.200. The first-order valence-electron chi connectivity index (χ1n) is 7.84. The fraction of sp³-hybridized carbons (Fsp3) is 0.529. The van der Waals surface area contributed by atoms with Gasteiger partial charge in [-0.3, -0.25) is 9.59 Å². The maximum absolute atomic E-state index is 12.6. The van der Waals surface area contributed by atoms with Crippen molar-refractivity contribution in [3.8, 4) is 5.75 Å². The zero-order valence-corrected chi connectivity index (χ0v) is 13.1. The molecule has 0 aromatic heterocycles. The Balaban J connectivity index is 1.70. The Labute approximate surface area is 135 Å². The minimum absolute atomic E-state index is 0.151. The van der Waals surface area contributed by atoms with E-state index in [0.717, 1.165) is 0 Å². The summed E-state index contributed by atoms with van der Waals surface area (Å²) in [6.45, 7) is 3.16. The number of hydrogen-bond acceptors (Lipinski definition) is 4. The van der Waals surface area contributed by atoms with Gasteiger partial charge in [-0.05, 0) is 25.5 Å². The van der Waals surface area contributed by atoms with Crippen molar-refractivity contribution < 1.29 is 24.2 Å². The topological polar surface area (TPSA) is 76.1 Å². The van der Waals surface area contributed by atoms with Gasteiger partial charge in [-0.25, -0.2) is 0 Å². The van der Waals surface area contributed by atoms with E-state index in [1.165, 1.54) is 0 Å². The molecule has 1 N–H and O–H groups in total. The SMILES string of the molecule is CC(Oc1ccccc1)C(=O)N1C[C@H]2COCC[C@@]2(C(=O)O)C1. The van der Waals surface area contributed by atoms with Gasteiger partial charge in [0, 0.05) is 25.6 Å². The van der Waals surface area contributed by atoms with Crippen LogP contribution in [0, 0.1) is 11.3 Å². The number of benzene rings is 1. The van der Waals surface area contributed by atoms with Crippen LogP contribution in [0.5, 0.6) is 5.75 Å². The predicted molar refractivity (Wildman–Crippen MR) is 82.1 cm³/mol. The number of carbonyl (C=O) groups is 2. The molecule has 2 saturated heterocycles. The van der Waals surface area contributed by atoms with Crippen molar-refractivity contribution in [2.45, 2.75) is 19.4 Å². The molecule has 0 spiro atoms. The molecule has 23 heavy (non-hydrogen) atoms. The number of amides is 1. The Bertz CT molecular complexity index is 590. The van der Waals surface area contributed by atoms with E-state index in [0.29, 0.717) is 31.9 Å². The molecule has 1 aromatic rings. The van der Waals surface area contributed by atoms with E-state index >= 15 is 0 Å². The van der Waals surface area contributed by atoms with E-state index < -0.39 is 17.5 Å². The second-order valence-corrected chi connectivity index (χ2v) is 6.28. The van der Waals surface area contributed by atoms with E-state index in [9.17, 15) is 14.7 Å². The Hall–Kier alpha value is -2.08. The Morgan fingerprint density at radius 3 is 2.78 bits per heavy atom. The summed E-state index contributed by atoms with van der Waals surface area (Å²) >= 11 is 0. The lowest BCUT2D eigenvalue weighted by Crippen LogP contribution is -2.45. The molecule has 3 atom stereocenters. The number of carbonyl (C=O) groups excluding carboxylic acids is 1. The van der Waals surface area contributed by atoms with Crippen LogP contribution in [-0.2, 0) is 14.3 Å². The Morgan fingerprint density at radius 1 is 1.39 bits per heavy atom. The van der Waals surface area contributed by atoms with Crippen molar-refractivity contribution >= 4 is 11.9 Å². The molecule has 6 heteroatoms. The van der Waals surface area contributed by atoms with Crippen molar-refractivity contribution in [2.75, 3.05) is 26.3 Å². The normalized spacial score (nSPS) is 28.0. The fourth-order valence-corrected chi connectivity index (χ4v) is 3.48.